The van der Waals surface area contributed by atoms with Crippen LogP contribution in [0.4, 0.5) is 11.4 Å². The molecule has 0 radical (unpaired) electrons. The van der Waals surface area contributed by atoms with E-state index in [1.807, 2.05) is 11.8 Å². The van der Waals surface area contributed by atoms with Gasteiger partial charge in [0.25, 0.3) is 0 Å². The minimum atomic E-state index is 0.204. The van der Waals surface area contributed by atoms with E-state index in [0.717, 1.165) is 6.42 Å². The Bertz CT molecular complexity index is 659. The predicted molar refractivity (Wildman–Crippen MR) is 93.2 cm³/mol. The van der Waals surface area contributed by atoms with Crippen LogP contribution in [0.25, 0.3) is 0 Å². The Labute approximate surface area is 136 Å². The van der Waals surface area contributed by atoms with Gasteiger partial charge in [-0.25, -0.2) is 0 Å². The van der Waals surface area contributed by atoms with Crippen molar-refractivity contribution < 1.29 is 5.11 Å². The summed E-state index contributed by atoms with van der Waals surface area (Å²) in [5.41, 5.74) is 3.75. The zero-order chi connectivity index (χ0) is 15.5. The monoisotopic (exact) mass is 314 g/mol. The minimum Gasteiger partial charge on any atom is -0.395 e. The Hall–Kier alpha value is -1.49. The molecule has 2 aromatic rings. The van der Waals surface area contributed by atoms with E-state index in [0.29, 0.717) is 12.6 Å². The summed E-state index contributed by atoms with van der Waals surface area (Å²) < 4.78 is 0. The van der Waals surface area contributed by atoms with Crippen LogP contribution in [-0.2, 0) is 6.42 Å². The lowest BCUT2D eigenvalue weighted by molar-refractivity contribution is 0.187. The van der Waals surface area contributed by atoms with E-state index < -0.39 is 0 Å². The van der Waals surface area contributed by atoms with Gasteiger partial charge in [0.15, 0.2) is 0 Å². The quantitative estimate of drug-likeness (QED) is 0.752. The van der Waals surface area contributed by atoms with Crippen molar-refractivity contribution in [3.8, 4) is 0 Å². The number of nitrogens with one attached hydrogen (secondary N) is 1. The van der Waals surface area contributed by atoms with Gasteiger partial charge in [0, 0.05) is 22.4 Å². The van der Waals surface area contributed by atoms with Crippen molar-refractivity contribution >= 4 is 23.1 Å². The molecule has 2 aromatic carbocycles. The summed E-state index contributed by atoms with van der Waals surface area (Å²) in [5, 5.41) is 12.7. The molecule has 22 heavy (non-hydrogen) atoms. The third kappa shape index (κ3) is 3.14. The number of benzene rings is 2. The molecular formula is C18H22N2OS. The Morgan fingerprint density at radius 1 is 1.14 bits per heavy atom. The molecule has 4 heteroatoms. The van der Waals surface area contributed by atoms with E-state index in [4.69, 9.17) is 5.11 Å². The molecule has 0 aliphatic carbocycles. The van der Waals surface area contributed by atoms with Gasteiger partial charge in [0.1, 0.15) is 0 Å². The molecule has 116 valence electrons. The largest absolute Gasteiger partial charge is 0.395 e. The van der Waals surface area contributed by atoms with Gasteiger partial charge in [-0.2, -0.15) is 0 Å². The first-order chi connectivity index (χ1) is 10.7. The number of nitrogens with zero attached hydrogens (tertiary/aromatic N) is 1. The third-order valence-electron chi connectivity index (χ3n) is 4.20. The first-order valence-electron chi connectivity index (χ1n) is 7.66. The Balaban J connectivity index is 1.84. The van der Waals surface area contributed by atoms with E-state index >= 15 is 0 Å². The molecule has 1 aliphatic heterocycles. The van der Waals surface area contributed by atoms with Crippen LogP contribution >= 0.6 is 11.8 Å². The maximum absolute atomic E-state index is 9.10. The number of aliphatic hydroxyl groups is 1. The summed E-state index contributed by atoms with van der Waals surface area (Å²) in [6.07, 6.45) is 0.968. The number of fused-ring (bicyclic) bond motifs is 2. The standard InChI is InChI=1S/C18H22N2OS/c1-13(20(2)10-11-21)12-14-6-5-9-17-18(14)19-15-7-3-4-8-16(15)22-17/h3-9,13,19,21H,10-12H2,1-2H3. The molecule has 0 saturated heterocycles. The van der Waals surface area contributed by atoms with Crippen LogP contribution in [0.1, 0.15) is 12.5 Å². The Kier molecular flexibility index (Phi) is 4.71. The average Bonchev–Trinajstić information content (AvgIpc) is 2.53. The predicted octanol–water partition coefficient (Wildman–Crippen LogP) is 3.75. The highest BCUT2D eigenvalue weighted by Crippen LogP contribution is 2.45. The van der Waals surface area contributed by atoms with Gasteiger partial charge in [-0.3, -0.25) is 0 Å². The maximum atomic E-state index is 9.10. The molecule has 3 nitrogen and oxygen atoms in total. The zero-order valence-electron chi connectivity index (χ0n) is 13.0. The van der Waals surface area contributed by atoms with E-state index in [1.54, 1.807) is 0 Å². The van der Waals surface area contributed by atoms with Gasteiger partial charge < -0.3 is 15.3 Å². The van der Waals surface area contributed by atoms with Gasteiger partial charge in [-0.15, -0.1) is 0 Å². The van der Waals surface area contributed by atoms with E-state index in [2.05, 4.69) is 66.7 Å². The normalized spacial score (nSPS) is 14.2. The van der Waals surface area contributed by atoms with E-state index in [1.165, 1.54) is 26.7 Å². The molecule has 1 aliphatic rings. The van der Waals surface area contributed by atoms with Crippen LogP contribution in [0.3, 0.4) is 0 Å². The summed E-state index contributed by atoms with van der Waals surface area (Å²) in [6.45, 7) is 3.12. The zero-order valence-corrected chi connectivity index (χ0v) is 13.9. The molecule has 0 fully saturated rings. The SMILES string of the molecule is CC(Cc1cccc2c1Nc1ccccc1S2)N(C)CCO. The Morgan fingerprint density at radius 2 is 1.91 bits per heavy atom. The Morgan fingerprint density at radius 3 is 2.73 bits per heavy atom. The van der Waals surface area contributed by atoms with Crippen LogP contribution in [0, 0.1) is 0 Å². The van der Waals surface area contributed by atoms with Crippen molar-refractivity contribution in [2.24, 2.45) is 0 Å². The van der Waals surface area contributed by atoms with Gasteiger partial charge in [-0.1, -0.05) is 36.0 Å². The molecule has 1 heterocycles. The average molecular weight is 314 g/mol. The number of aliphatic hydroxyl groups excluding tert-OH is 1. The molecular weight excluding hydrogens is 292 g/mol. The summed E-state index contributed by atoms with van der Waals surface area (Å²) in [7, 11) is 2.06. The third-order valence-corrected chi connectivity index (χ3v) is 5.34. The number of anilines is 2. The van der Waals surface area contributed by atoms with Crippen molar-refractivity contribution in [1.82, 2.24) is 4.90 Å². The number of hydrogen-bond donors (Lipinski definition) is 2. The molecule has 1 unspecified atom stereocenters. The first-order valence-corrected chi connectivity index (χ1v) is 8.47. The lowest BCUT2D eigenvalue weighted by Crippen LogP contribution is -2.33. The molecule has 0 spiro atoms. The molecule has 0 aromatic heterocycles. The van der Waals surface area contributed by atoms with Crippen molar-refractivity contribution in [3.63, 3.8) is 0 Å². The smallest absolute Gasteiger partial charge is 0.0559 e. The second-order valence-electron chi connectivity index (χ2n) is 5.77. The fraction of sp³-hybridized carbons (Fsp3) is 0.333. The number of para-hydroxylation sites is 2. The maximum Gasteiger partial charge on any atom is 0.0559 e. The van der Waals surface area contributed by atoms with Crippen molar-refractivity contribution in [2.75, 3.05) is 25.5 Å². The van der Waals surface area contributed by atoms with Gasteiger partial charge in [0.05, 0.1) is 18.0 Å². The molecule has 3 rings (SSSR count). The summed E-state index contributed by atoms with van der Waals surface area (Å²) in [6, 6.07) is 15.3. The second-order valence-corrected chi connectivity index (χ2v) is 6.85. The highest BCUT2D eigenvalue weighted by atomic mass is 32.2. The van der Waals surface area contributed by atoms with Crippen LogP contribution in [-0.4, -0.2) is 36.2 Å². The van der Waals surface area contributed by atoms with Gasteiger partial charge in [0.2, 0.25) is 0 Å². The topological polar surface area (TPSA) is 35.5 Å². The summed E-state index contributed by atoms with van der Waals surface area (Å²) >= 11 is 1.83. The van der Waals surface area contributed by atoms with Gasteiger partial charge >= 0.3 is 0 Å². The highest BCUT2D eigenvalue weighted by molar-refractivity contribution is 7.99. The molecule has 1 atom stereocenters. The van der Waals surface area contributed by atoms with Crippen LogP contribution < -0.4 is 5.32 Å². The van der Waals surface area contributed by atoms with Crippen molar-refractivity contribution in [2.45, 2.75) is 29.2 Å². The van der Waals surface area contributed by atoms with E-state index in [9.17, 15) is 0 Å². The lowest BCUT2D eigenvalue weighted by atomic mass is 10.0. The minimum absolute atomic E-state index is 0.204. The van der Waals surface area contributed by atoms with Crippen LogP contribution in [0.5, 0.6) is 0 Å². The van der Waals surface area contributed by atoms with Crippen LogP contribution in [0.15, 0.2) is 52.3 Å². The van der Waals surface area contributed by atoms with Crippen LogP contribution in [0.2, 0.25) is 0 Å². The molecule has 0 amide bonds. The number of likely N-dealkylation sites (N-methyl/N-ethyl adjacent to an activating group) is 1. The van der Waals surface area contributed by atoms with Gasteiger partial charge in [-0.05, 0) is 44.2 Å². The highest BCUT2D eigenvalue weighted by Gasteiger charge is 2.19. The summed E-state index contributed by atoms with van der Waals surface area (Å²) in [5.74, 6) is 0. The first kappa shape index (κ1) is 15.4. The fourth-order valence-corrected chi connectivity index (χ4v) is 3.78. The molecule has 0 saturated carbocycles. The number of hydrogen-bond acceptors (Lipinski definition) is 4. The summed E-state index contributed by atoms with van der Waals surface area (Å²) in [4.78, 5) is 4.76. The number of rotatable bonds is 5. The lowest BCUT2D eigenvalue weighted by Gasteiger charge is -2.27. The molecule has 2 N–H and O–H groups in total. The van der Waals surface area contributed by atoms with E-state index in [-0.39, 0.29) is 6.61 Å². The molecule has 0 bridgehead atoms. The fourth-order valence-electron chi connectivity index (χ4n) is 2.74. The van der Waals surface area contributed by atoms with Crippen molar-refractivity contribution in [3.05, 3.63) is 48.0 Å². The second kappa shape index (κ2) is 6.73. The van der Waals surface area contributed by atoms with Crippen molar-refractivity contribution in [1.29, 1.82) is 0 Å².